The maximum Gasteiger partial charge on any atom is 0.0947 e. The number of halogens is 1. The summed E-state index contributed by atoms with van der Waals surface area (Å²) in [4.78, 5) is 0. The number of rotatable bonds is 2. The second-order valence-electron chi connectivity index (χ2n) is 2.69. The molecule has 0 aromatic heterocycles. The number of hydrogen-bond donors (Lipinski definition) is 0. The molecule has 0 N–H and O–H groups in total. The fraction of sp³-hybridized carbons (Fsp3) is 0.182. The molecule has 13 heavy (non-hydrogen) atoms. The van der Waals surface area contributed by atoms with E-state index in [0.717, 1.165) is 22.0 Å². The first kappa shape index (κ1) is 10.0. The van der Waals surface area contributed by atoms with E-state index in [-0.39, 0.29) is 0 Å². The minimum Gasteiger partial charge on any atom is -0.193 e. The summed E-state index contributed by atoms with van der Waals surface area (Å²) < 4.78 is 1.06. The van der Waals surface area contributed by atoms with Gasteiger partial charge in [0.2, 0.25) is 0 Å². The molecule has 1 aromatic rings. The molecule has 0 radical (unpaired) electrons. The number of nitriles is 1. The fourth-order valence-electron chi connectivity index (χ4n) is 0.974. The minimum atomic E-state index is 0.784. The zero-order valence-electron chi connectivity index (χ0n) is 7.42. The highest BCUT2D eigenvalue weighted by molar-refractivity contribution is 9.10. The Labute approximate surface area is 86.8 Å². The molecule has 2 heteroatoms. The van der Waals surface area contributed by atoms with Crippen molar-refractivity contribution >= 4 is 22.0 Å². The van der Waals surface area contributed by atoms with Crippen LogP contribution in [0.15, 0.2) is 34.3 Å². The Morgan fingerprint density at radius 3 is 2.54 bits per heavy atom. The van der Waals surface area contributed by atoms with Gasteiger partial charge in [0.25, 0.3) is 0 Å². The molecule has 0 spiro atoms. The smallest absolute Gasteiger partial charge is 0.0947 e. The Morgan fingerprint density at radius 1 is 1.46 bits per heavy atom. The van der Waals surface area contributed by atoms with Crippen molar-refractivity contribution in [1.82, 2.24) is 0 Å². The van der Waals surface area contributed by atoms with Crippen molar-refractivity contribution in [2.45, 2.75) is 13.3 Å². The van der Waals surface area contributed by atoms with Crippen molar-refractivity contribution < 1.29 is 0 Å². The Hall–Kier alpha value is -1.07. The number of hydrogen-bond acceptors (Lipinski definition) is 1. The van der Waals surface area contributed by atoms with Crippen LogP contribution in [0, 0.1) is 11.3 Å². The highest BCUT2D eigenvalue weighted by Gasteiger charge is 1.92. The second-order valence-corrected chi connectivity index (χ2v) is 3.60. The van der Waals surface area contributed by atoms with Gasteiger partial charge in [-0.2, -0.15) is 5.26 Å². The lowest BCUT2D eigenvalue weighted by molar-refractivity contribution is 1.16. The van der Waals surface area contributed by atoms with Crippen LogP contribution in [0.25, 0.3) is 6.08 Å². The molecule has 0 bridgehead atoms. The molecule has 1 rings (SSSR count). The van der Waals surface area contributed by atoms with E-state index in [0.29, 0.717) is 0 Å². The molecular weight excluding hydrogens is 226 g/mol. The van der Waals surface area contributed by atoms with Gasteiger partial charge in [-0.3, -0.25) is 0 Å². The van der Waals surface area contributed by atoms with Gasteiger partial charge in [0.05, 0.1) is 6.07 Å². The van der Waals surface area contributed by atoms with Crippen LogP contribution in [0.1, 0.15) is 18.9 Å². The molecule has 0 unspecified atom stereocenters. The summed E-state index contributed by atoms with van der Waals surface area (Å²) in [5, 5.41) is 8.71. The summed E-state index contributed by atoms with van der Waals surface area (Å²) in [7, 11) is 0. The quantitative estimate of drug-likeness (QED) is 0.717. The average Bonchev–Trinajstić information content (AvgIpc) is 2.17. The zero-order valence-corrected chi connectivity index (χ0v) is 9.01. The van der Waals surface area contributed by atoms with Crippen LogP contribution in [0.2, 0.25) is 0 Å². The minimum absolute atomic E-state index is 0.784. The topological polar surface area (TPSA) is 23.8 Å². The normalized spacial score (nSPS) is 11.0. The van der Waals surface area contributed by atoms with Crippen molar-refractivity contribution in [2.24, 2.45) is 0 Å². The number of nitrogens with zero attached hydrogens (tertiary/aromatic N) is 1. The van der Waals surface area contributed by atoms with E-state index in [4.69, 9.17) is 5.26 Å². The van der Waals surface area contributed by atoms with Crippen molar-refractivity contribution in [3.63, 3.8) is 0 Å². The Kier molecular flexibility index (Phi) is 3.72. The van der Waals surface area contributed by atoms with E-state index in [1.165, 1.54) is 0 Å². The predicted octanol–water partition coefficient (Wildman–Crippen LogP) is 3.77. The highest BCUT2D eigenvalue weighted by Crippen LogP contribution is 2.13. The van der Waals surface area contributed by atoms with Gasteiger partial charge in [-0.05, 0) is 30.2 Å². The molecule has 1 nitrogen and oxygen atoms in total. The molecule has 0 atom stereocenters. The van der Waals surface area contributed by atoms with Crippen molar-refractivity contribution in [3.05, 3.63) is 39.9 Å². The number of allylic oxidation sites excluding steroid dienone is 1. The average molecular weight is 236 g/mol. The van der Waals surface area contributed by atoms with Crippen molar-refractivity contribution in [3.8, 4) is 6.07 Å². The standard InChI is InChI=1S/C11H10BrN/c1-2-9(8-13)7-10-3-5-11(12)6-4-10/h3-7H,2H2,1H3/b9-7+. The summed E-state index contributed by atoms with van der Waals surface area (Å²) in [6, 6.07) is 10.1. The summed E-state index contributed by atoms with van der Waals surface area (Å²) in [6.45, 7) is 1.98. The van der Waals surface area contributed by atoms with E-state index in [2.05, 4.69) is 22.0 Å². The van der Waals surface area contributed by atoms with E-state index in [1.807, 2.05) is 37.3 Å². The third-order valence-electron chi connectivity index (χ3n) is 1.74. The second kappa shape index (κ2) is 4.84. The summed E-state index contributed by atoms with van der Waals surface area (Å²) in [5.41, 5.74) is 1.88. The largest absolute Gasteiger partial charge is 0.193 e. The van der Waals surface area contributed by atoms with Gasteiger partial charge in [-0.25, -0.2) is 0 Å². The van der Waals surface area contributed by atoms with Crippen LogP contribution in [-0.2, 0) is 0 Å². The third-order valence-corrected chi connectivity index (χ3v) is 2.26. The van der Waals surface area contributed by atoms with Gasteiger partial charge < -0.3 is 0 Å². The van der Waals surface area contributed by atoms with Crippen molar-refractivity contribution in [2.75, 3.05) is 0 Å². The number of benzene rings is 1. The Morgan fingerprint density at radius 2 is 2.08 bits per heavy atom. The van der Waals surface area contributed by atoms with Crippen LogP contribution in [0.4, 0.5) is 0 Å². The highest BCUT2D eigenvalue weighted by atomic mass is 79.9. The Balaban J connectivity index is 2.92. The van der Waals surface area contributed by atoms with E-state index >= 15 is 0 Å². The van der Waals surface area contributed by atoms with Gasteiger partial charge in [-0.1, -0.05) is 35.0 Å². The lowest BCUT2D eigenvalue weighted by atomic mass is 10.1. The molecule has 0 amide bonds. The maximum atomic E-state index is 8.71. The van der Waals surface area contributed by atoms with Crippen LogP contribution >= 0.6 is 15.9 Å². The molecule has 0 fully saturated rings. The molecule has 0 heterocycles. The molecule has 0 aliphatic heterocycles. The molecule has 0 saturated carbocycles. The van der Waals surface area contributed by atoms with E-state index in [9.17, 15) is 0 Å². The molecule has 1 aromatic carbocycles. The predicted molar refractivity (Wildman–Crippen MR) is 58.0 cm³/mol. The van der Waals surface area contributed by atoms with Gasteiger partial charge >= 0.3 is 0 Å². The Bertz CT molecular complexity index is 343. The lowest BCUT2D eigenvalue weighted by Crippen LogP contribution is -1.76. The maximum absolute atomic E-state index is 8.71. The third kappa shape index (κ3) is 3.04. The SMILES string of the molecule is CC/C(C#N)=C\c1ccc(Br)cc1. The van der Waals surface area contributed by atoms with Gasteiger partial charge in [0, 0.05) is 10.0 Å². The van der Waals surface area contributed by atoms with E-state index in [1.54, 1.807) is 0 Å². The van der Waals surface area contributed by atoms with E-state index < -0.39 is 0 Å². The zero-order chi connectivity index (χ0) is 9.68. The monoisotopic (exact) mass is 235 g/mol. The van der Waals surface area contributed by atoms with Gasteiger partial charge in [0.15, 0.2) is 0 Å². The van der Waals surface area contributed by atoms with Crippen LogP contribution in [0.3, 0.4) is 0 Å². The molecule has 0 aliphatic carbocycles. The lowest BCUT2D eigenvalue weighted by Gasteiger charge is -1.95. The van der Waals surface area contributed by atoms with Gasteiger partial charge in [0.1, 0.15) is 0 Å². The van der Waals surface area contributed by atoms with Crippen LogP contribution in [0.5, 0.6) is 0 Å². The first-order chi connectivity index (χ1) is 6.26. The summed E-state index contributed by atoms with van der Waals surface area (Å²) >= 11 is 3.36. The molecule has 0 aliphatic rings. The molecule has 0 saturated heterocycles. The first-order valence-corrected chi connectivity index (χ1v) is 4.91. The molecular formula is C11H10BrN. The van der Waals surface area contributed by atoms with Gasteiger partial charge in [-0.15, -0.1) is 0 Å². The van der Waals surface area contributed by atoms with Crippen LogP contribution < -0.4 is 0 Å². The first-order valence-electron chi connectivity index (χ1n) is 4.12. The molecule has 66 valence electrons. The summed E-state index contributed by atoms with van der Waals surface area (Å²) in [5.74, 6) is 0. The fourth-order valence-corrected chi connectivity index (χ4v) is 1.24. The summed E-state index contributed by atoms with van der Waals surface area (Å²) in [6.07, 6.45) is 2.69. The van der Waals surface area contributed by atoms with Crippen molar-refractivity contribution in [1.29, 1.82) is 5.26 Å². The van der Waals surface area contributed by atoms with Crippen LogP contribution in [-0.4, -0.2) is 0 Å².